The van der Waals surface area contributed by atoms with E-state index in [2.05, 4.69) is 198 Å². The van der Waals surface area contributed by atoms with Crippen molar-refractivity contribution in [1.82, 2.24) is 4.57 Å². The molecule has 0 amide bonds. The van der Waals surface area contributed by atoms with E-state index in [-0.39, 0.29) is 5.41 Å². The van der Waals surface area contributed by atoms with Crippen LogP contribution >= 0.6 is 0 Å². The molecule has 0 saturated heterocycles. The standard InChI is InChI=1S/C49H36BN3/c1-49(2)38-26-16-27-40-46(38)53-47-39(49)29-31-17-12-13-24-35(31)43(47)44-42(52(33-20-8-4-9-21-33)34-22-10-5-11-23-34)30-37(45(50-40)48(44)53)36-25-14-15-28-41(36)51-32-18-6-3-7-19-32/h3-30,50-51H,1-2H3. The summed E-state index contributed by atoms with van der Waals surface area (Å²) < 4.78 is 2.66. The monoisotopic (exact) mass is 677 g/mol. The van der Waals surface area contributed by atoms with Gasteiger partial charge in [0, 0.05) is 50.2 Å². The molecule has 4 heteroatoms. The van der Waals surface area contributed by atoms with Crippen LogP contribution in [0.4, 0.5) is 28.4 Å². The van der Waals surface area contributed by atoms with Crippen molar-refractivity contribution in [1.29, 1.82) is 0 Å². The molecular weight excluding hydrogens is 641 g/mol. The maximum Gasteiger partial charge on any atom is 0.198 e. The van der Waals surface area contributed by atoms with Crippen LogP contribution in [0.5, 0.6) is 0 Å². The van der Waals surface area contributed by atoms with E-state index in [9.17, 15) is 0 Å². The van der Waals surface area contributed by atoms with Gasteiger partial charge in [0.05, 0.1) is 16.7 Å². The van der Waals surface area contributed by atoms with Gasteiger partial charge in [-0.05, 0) is 87.5 Å². The van der Waals surface area contributed by atoms with Crippen LogP contribution in [0.15, 0.2) is 170 Å². The summed E-state index contributed by atoms with van der Waals surface area (Å²) in [5.41, 5.74) is 17.4. The zero-order chi connectivity index (χ0) is 35.3. The Morgan fingerprint density at radius 1 is 0.566 bits per heavy atom. The zero-order valence-corrected chi connectivity index (χ0v) is 29.8. The smallest absolute Gasteiger partial charge is 0.198 e. The molecule has 3 nitrogen and oxygen atoms in total. The lowest BCUT2D eigenvalue weighted by Gasteiger charge is -2.38. The van der Waals surface area contributed by atoms with E-state index in [1.807, 2.05) is 0 Å². The maximum atomic E-state index is 3.79. The Kier molecular flexibility index (Phi) is 6.39. The summed E-state index contributed by atoms with van der Waals surface area (Å²) in [5.74, 6) is 0. The van der Waals surface area contributed by atoms with Crippen LogP contribution in [-0.2, 0) is 5.41 Å². The number of rotatable bonds is 6. The van der Waals surface area contributed by atoms with Crippen LogP contribution in [0.2, 0.25) is 0 Å². The largest absolute Gasteiger partial charge is 0.355 e. The van der Waals surface area contributed by atoms with Crippen molar-refractivity contribution in [2.45, 2.75) is 19.3 Å². The highest BCUT2D eigenvalue weighted by molar-refractivity contribution is 6.74. The van der Waals surface area contributed by atoms with Crippen molar-refractivity contribution < 1.29 is 0 Å². The summed E-state index contributed by atoms with van der Waals surface area (Å²) >= 11 is 0. The molecule has 1 aromatic heterocycles. The normalized spacial score (nSPS) is 13.4. The summed E-state index contributed by atoms with van der Waals surface area (Å²) in [6.45, 7) is 4.84. The van der Waals surface area contributed by atoms with Crippen molar-refractivity contribution in [2.75, 3.05) is 10.2 Å². The van der Waals surface area contributed by atoms with E-state index in [1.165, 1.54) is 77.1 Å². The van der Waals surface area contributed by atoms with E-state index >= 15 is 0 Å². The third-order valence-corrected chi connectivity index (χ3v) is 11.7. The fourth-order valence-electron chi connectivity index (χ4n) is 9.34. The van der Waals surface area contributed by atoms with Gasteiger partial charge in [-0.3, -0.25) is 0 Å². The lowest BCUT2D eigenvalue weighted by Crippen LogP contribution is -2.41. The molecule has 9 aromatic rings. The summed E-state index contributed by atoms with van der Waals surface area (Å²) in [5, 5.41) is 9.00. The molecule has 8 aromatic carbocycles. The molecule has 0 saturated carbocycles. The zero-order valence-electron chi connectivity index (χ0n) is 29.8. The summed E-state index contributed by atoms with van der Waals surface area (Å²) in [4.78, 5) is 2.48. The first kappa shape index (κ1) is 30.1. The lowest BCUT2D eigenvalue weighted by atomic mass is 9.57. The van der Waals surface area contributed by atoms with Gasteiger partial charge >= 0.3 is 0 Å². The molecule has 0 fully saturated rings. The Hall–Kier alpha value is -6.52. The van der Waals surface area contributed by atoms with Gasteiger partial charge in [0.1, 0.15) is 0 Å². The molecule has 0 bridgehead atoms. The van der Waals surface area contributed by atoms with Gasteiger partial charge in [-0.2, -0.15) is 0 Å². The highest BCUT2D eigenvalue weighted by Gasteiger charge is 2.41. The predicted octanol–water partition coefficient (Wildman–Crippen LogP) is 11.2. The molecule has 3 heterocycles. The van der Waals surface area contributed by atoms with Crippen LogP contribution < -0.4 is 21.1 Å². The van der Waals surface area contributed by atoms with Gasteiger partial charge in [-0.15, -0.1) is 0 Å². The van der Waals surface area contributed by atoms with E-state index in [0.29, 0.717) is 0 Å². The number of para-hydroxylation sites is 5. The average molecular weight is 678 g/mol. The highest BCUT2D eigenvalue weighted by atomic mass is 15.1. The summed E-state index contributed by atoms with van der Waals surface area (Å²) in [6, 6.07) is 62.0. The minimum absolute atomic E-state index is 0.177. The van der Waals surface area contributed by atoms with Gasteiger partial charge in [-0.25, -0.2) is 0 Å². The molecule has 0 aliphatic carbocycles. The number of anilines is 5. The second-order valence-electron chi connectivity index (χ2n) is 15.0. The van der Waals surface area contributed by atoms with Gasteiger partial charge in [0.15, 0.2) is 7.28 Å². The van der Waals surface area contributed by atoms with Crippen LogP contribution in [-0.4, -0.2) is 11.8 Å². The number of aromatic nitrogens is 1. The van der Waals surface area contributed by atoms with Crippen molar-refractivity contribution in [3.8, 4) is 16.8 Å². The Balaban J connectivity index is 1.37. The lowest BCUT2D eigenvalue weighted by molar-refractivity contribution is 0.632. The molecule has 0 atom stereocenters. The SMILES string of the molecule is CC1(C)c2cccc3c2-n2c4c(c(-c5ccccc5Nc5ccccc5)cc(N(c5ccccc5)c5ccccc5)c4c4c5ccccc5cc1c42)B3. The second kappa shape index (κ2) is 11.2. The molecule has 0 radical (unpaired) electrons. The van der Waals surface area contributed by atoms with Crippen LogP contribution in [0.1, 0.15) is 25.0 Å². The number of hydrogen-bond acceptors (Lipinski definition) is 2. The van der Waals surface area contributed by atoms with E-state index in [4.69, 9.17) is 0 Å². The van der Waals surface area contributed by atoms with Crippen LogP contribution in [0.3, 0.4) is 0 Å². The van der Waals surface area contributed by atoms with E-state index in [0.717, 1.165) is 30.0 Å². The minimum Gasteiger partial charge on any atom is -0.355 e. The van der Waals surface area contributed by atoms with Gasteiger partial charge in [0.25, 0.3) is 0 Å². The number of nitrogens with one attached hydrogen (secondary N) is 1. The first-order chi connectivity index (χ1) is 26.1. The Labute approximate surface area is 310 Å². The third-order valence-electron chi connectivity index (χ3n) is 11.7. The molecule has 11 rings (SSSR count). The van der Waals surface area contributed by atoms with Crippen molar-refractivity contribution in [2.24, 2.45) is 0 Å². The number of fused-ring (bicyclic) bond motifs is 3. The summed E-state index contributed by atoms with van der Waals surface area (Å²) in [7, 11) is 0.852. The van der Waals surface area contributed by atoms with Gasteiger partial charge in [-0.1, -0.05) is 135 Å². The predicted molar refractivity (Wildman–Crippen MR) is 227 cm³/mol. The highest BCUT2D eigenvalue weighted by Crippen LogP contribution is 2.53. The van der Waals surface area contributed by atoms with Crippen LogP contribution in [0, 0.1) is 0 Å². The molecule has 2 aliphatic heterocycles. The first-order valence-corrected chi connectivity index (χ1v) is 18.6. The van der Waals surface area contributed by atoms with Crippen molar-refractivity contribution in [3.63, 3.8) is 0 Å². The summed E-state index contributed by atoms with van der Waals surface area (Å²) in [6.07, 6.45) is 0. The van der Waals surface area contributed by atoms with E-state index < -0.39 is 0 Å². The van der Waals surface area contributed by atoms with E-state index in [1.54, 1.807) is 0 Å². The average Bonchev–Trinajstić information content (AvgIpc) is 3.57. The number of hydrogen-bond donors (Lipinski definition) is 1. The molecule has 2 aliphatic rings. The molecule has 250 valence electrons. The number of nitrogens with zero attached hydrogens (tertiary/aromatic N) is 2. The Morgan fingerprint density at radius 2 is 1.23 bits per heavy atom. The van der Waals surface area contributed by atoms with Gasteiger partial charge in [0.2, 0.25) is 0 Å². The topological polar surface area (TPSA) is 20.2 Å². The third kappa shape index (κ3) is 4.30. The van der Waals surface area contributed by atoms with Crippen molar-refractivity contribution >= 4 is 79.2 Å². The minimum atomic E-state index is -0.177. The second-order valence-corrected chi connectivity index (χ2v) is 15.0. The molecule has 0 spiro atoms. The first-order valence-electron chi connectivity index (χ1n) is 18.6. The maximum absolute atomic E-state index is 3.79. The van der Waals surface area contributed by atoms with Gasteiger partial charge < -0.3 is 14.8 Å². The molecule has 1 N–H and O–H groups in total. The fraction of sp³-hybridized carbons (Fsp3) is 0.0612. The Morgan fingerprint density at radius 3 is 1.98 bits per heavy atom. The number of benzene rings is 8. The Bertz CT molecular complexity index is 2870. The molecule has 0 unspecified atom stereocenters. The van der Waals surface area contributed by atoms with Crippen LogP contribution in [0.25, 0.3) is 49.4 Å². The molecular formula is C49H36BN3. The van der Waals surface area contributed by atoms with Crippen molar-refractivity contribution in [3.05, 3.63) is 181 Å². The molecule has 53 heavy (non-hydrogen) atoms. The quantitative estimate of drug-likeness (QED) is 0.177. The fourth-order valence-corrected chi connectivity index (χ4v) is 9.34.